The number of benzene rings is 2. The zero-order valence-corrected chi connectivity index (χ0v) is 12.8. The number of hydrogen-bond acceptors (Lipinski definition) is 3. The molecule has 3 rings (SSSR count). The fraction of sp³-hybridized carbons (Fsp3) is 0.278. The zero-order valence-electron chi connectivity index (χ0n) is 12.8. The number of carbonyl (C=O) groups excluding carboxylic acids is 1. The first-order valence-corrected chi connectivity index (χ1v) is 7.27. The zero-order chi connectivity index (χ0) is 15.7. The summed E-state index contributed by atoms with van der Waals surface area (Å²) in [5, 5.41) is 0. The number of primary amides is 1. The number of hydrogen-bond donors (Lipinski definition) is 1. The molecule has 0 radical (unpaired) electrons. The molecular formula is C18H19NO3. The van der Waals surface area contributed by atoms with Gasteiger partial charge in [0, 0.05) is 17.5 Å². The van der Waals surface area contributed by atoms with Gasteiger partial charge in [0.2, 0.25) is 5.91 Å². The van der Waals surface area contributed by atoms with Gasteiger partial charge in [-0.25, -0.2) is 0 Å². The van der Waals surface area contributed by atoms with Crippen molar-refractivity contribution >= 4 is 5.91 Å². The number of amides is 1. The Balaban J connectivity index is 1.73. The van der Waals surface area contributed by atoms with E-state index in [4.69, 9.17) is 15.2 Å². The van der Waals surface area contributed by atoms with E-state index in [9.17, 15) is 4.79 Å². The summed E-state index contributed by atoms with van der Waals surface area (Å²) in [6.07, 6.45) is 0.882. The highest BCUT2D eigenvalue weighted by atomic mass is 16.5. The Labute approximate surface area is 129 Å². The summed E-state index contributed by atoms with van der Waals surface area (Å²) in [6.45, 7) is 4.55. The number of rotatable bonds is 4. The molecule has 22 heavy (non-hydrogen) atoms. The van der Waals surface area contributed by atoms with Crippen LogP contribution in [-0.4, -0.2) is 11.5 Å². The van der Waals surface area contributed by atoms with E-state index in [1.807, 2.05) is 24.3 Å². The van der Waals surface area contributed by atoms with Crippen molar-refractivity contribution in [2.24, 2.45) is 5.73 Å². The SMILES string of the molecule is CC1(C)Cc2cccc(OCc3ccc(C(N)=O)cc3)c2O1. The third kappa shape index (κ3) is 2.91. The number of ether oxygens (including phenoxy) is 2. The van der Waals surface area contributed by atoms with Gasteiger partial charge in [-0.15, -0.1) is 0 Å². The van der Waals surface area contributed by atoms with E-state index in [1.165, 1.54) is 5.56 Å². The van der Waals surface area contributed by atoms with Gasteiger partial charge in [0.05, 0.1) is 0 Å². The maximum absolute atomic E-state index is 11.1. The highest BCUT2D eigenvalue weighted by molar-refractivity contribution is 5.92. The van der Waals surface area contributed by atoms with Gasteiger partial charge in [0.1, 0.15) is 12.2 Å². The summed E-state index contributed by atoms with van der Waals surface area (Å²) in [7, 11) is 0. The lowest BCUT2D eigenvalue weighted by molar-refractivity contribution is 0.1000. The molecule has 4 heteroatoms. The molecule has 2 aromatic carbocycles. The minimum atomic E-state index is -0.427. The molecule has 0 atom stereocenters. The van der Waals surface area contributed by atoms with E-state index in [1.54, 1.807) is 12.1 Å². The van der Waals surface area contributed by atoms with E-state index >= 15 is 0 Å². The third-order valence-electron chi connectivity index (χ3n) is 3.69. The molecule has 0 saturated heterocycles. The van der Waals surface area contributed by atoms with Gasteiger partial charge in [-0.05, 0) is 37.6 Å². The quantitative estimate of drug-likeness (QED) is 0.943. The minimum absolute atomic E-state index is 0.190. The second-order valence-electron chi connectivity index (χ2n) is 6.13. The van der Waals surface area contributed by atoms with Crippen molar-refractivity contribution in [3.63, 3.8) is 0 Å². The Morgan fingerprint density at radius 1 is 1.23 bits per heavy atom. The van der Waals surface area contributed by atoms with Gasteiger partial charge in [0.15, 0.2) is 11.5 Å². The van der Waals surface area contributed by atoms with Crippen LogP contribution in [0.15, 0.2) is 42.5 Å². The lowest BCUT2D eigenvalue weighted by atomic mass is 10.0. The second kappa shape index (κ2) is 5.37. The van der Waals surface area contributed by atoms with Crippen LogP contribution in [0.25, 0.3) is 0 Å². The predicted octanol–water partition coefficient (Wildman–Crippen LogP) is 3.08. The fourth-order valence-electron chi connectivity index (χ4n) is 2.63. The molecule has 0 fully saturated rings. The first-order chi connectivity index (χ1) is 10.4. The van der Waals surface area contributed by atoms with Gasteiger partial charge in [-0.1, -0.05) is 24.3 Å². The normalized spacial score (nSPS) is 15.0. The number of fused-ring (bicyclic) bond motifs is 1. The average molecular weight is 297 g/mol. The van der Waals surface area contributed by atoms with Gasteiger partial charge in [-0.2, -0.15) is 0 Å². The maximum atomic E-state index is 11.1. The van der Waals surface area contributed by atoms with E-state index < -0.39 is 5.91 Å². The summed E-state index contributed by atoms with van der Waals surface area (Å²) in [6, 6.07) is 13.1. The van der Waals surface area contributed by atoms with Crippen LogP contribution in [-0.2, 0) is 13.0 Å². The van der Waals surface area contributed by atoms with Crippen LogP contribution in [0.4, 0.5) is 0 Å². The Kier molecular flexibility index (Phi) is 3.53. The van der Waals surface area contributed by atoms with Crippen molar-refractivity contribution in [3.05, 3.63) is 59.2 Å². The number of nitrogens with two attached hydrogens (primary N) is 1. The predicted molar refractivity (Wildman–Crippen MR) is 84.1 cm³/mol. The van der Waals surface area contributed by atoms with Crippen LogP contribution in [0.2, 0.25) is 0 Å². The Morgan fingerprint density at radius 2 is 1.95 bits per heavy atom. The van der Waals surface area contributed by atoms with Crippen LogP contribution < -0.4 is 15.2 Å². The van der Waals surface area contributed by atoms with Crippen molar-refractivity contribution in [3.8, 4) is 11.5 Å². The molecule has 1 heterocycles. The Bertz CT molecular complexity index is 705. The van der Waals surface area contributed by atoms with Crippen LogP contribution in [0.3, 0.4) is 0 Å². The molecule has 0 spiro atoms. The van der Waals surface area contributed by atoms with E-state index in [0.29, 0.717) is 12.2 Å². The molecule has 0 aromatic heterocycles. The smallest absolute Gasteiger partial charge is 0.248 e. The highest BCUT2D eigenvalue weighted by Gasteiger charge is 2.32. The van der Waals surface area contributed by atoms with E-state index in [0.717, 1.165) is 23.5 Å². The molecule has 0 bridgehead atoms. The topological polar surface area (TPSA) is 61.5 Å². The molecular weight excluding hydrogens is 278 g/mol. The van der Waals surface area contributed by atoms with Crippen molar-refractivity contribution in [2.45, 2.75) is 32.5 Å². The van der Waals surface area contributed by atoms with E-state index in [2.05, 4.69) is 19.9 Å². The molecule has 1 aliphatic heterocycles. The monoisotopic (exact) mass is 297 g/mol. The molecule has 1 aliphatic rings. The Hall–Kier alpha value is -2.49. The molecule has 1 amide bonds. The fourth-order valence-corrected chi connectivity index (χ4v) is 2.63. The summed E-state index contributed by atoms with van der Waals surface area (Å²) < 4.78 is 11.9. The average Bonchev–Trinajstić information content (AvgIpc) is 2.80. The minimum Gasteiger partial charge on any atom is -0.485 e. The molecule has 2 aromatic rings. The first-order valence-electron chi connectivity index (χ1n) is 7.27. The largest absolute Gasteiger partial charge is 0.485 e. The number of carbonyl (C=O) groups is 1. The van der Waals surface area contributed by atoms with Crippen LogP contribution in [0.5, 0.6) is 11.5 Å². The van der Waals surface area contributed by atoms with E-state index in [-0.39, 0.29) is 5.60 Å². The summed E-state index contributed by atoms with van der Waals surface area (Å²) >= 11 is 0. The van der Waals surface area contributed by atoms with Crippen LogP contribution in [0, 0.1) is 0 Å². The molecule has 0 saturated carbocycles. The van der Waals surface area contributed by atoms with Crippen molar-refractivity contribution in [2.75, 3.05) is 0 Å². The summed E-state index contributed by atoms with van der Waals surface area (Å²) in [5.74, 6) is 1.16. The Morgan fingerprint density at radius 3 is 2.64 bits per heavy atom. The molecule has 2 N–H and O–H groups in total. The second-order valence-corrected chi connectivity index (χ2v) is 6.13. The summed E-state index contributed by atoms with van der Waals surface area (Å²) in [5.41, 5.74) is 7.68. The lowest BCUT2D eigenvalue weighted by Crippen LogP contribution is -2.24. The van der Waals surface area contributed by atoms with Gasteiger partial charge in [0.25, 0.3) is 0 Å². The summed E-state index contributed by atoms with van der Waals surface area (Å²) in [4.78, 5) is 11.1. The number of para-hydroxylation sites is 1. The molecule has 0 aliphatic carbocycles. The van der Waals surface area contributed by atoms with Gasteiger partial charge >= 0.3 is 0 Å². The molecule has 4 nitrogen and oxygen atoms in total. The lowest BCUT2D eigenvalue weighted by Gasteiger charge is -2.18. The van der Waals surface area contributed by atoms with Crippen molar-refractivity contribution < 1.29 is 14.3 Å². The maximum Gasteiger partial charge on any atom is 0.248 e. The van der Waals surface area contributed by atoms with Gasteiger partial charge in [-0.3, -0.25) is 4.79 Å². The van der Waals surface area contributed by atoms with Crippen molar-refractivity contribution in [1.29, 1.82) is 0 Å². The standard InChI is InChI=1S/C18H19NO3/c1-18(2)10-14-4-3-5-15(16(14)22-18)21-11-12-6-8-13(9-7-12)17(19)20/h3-9H,10-11H2,1-2H3,(H2,19,20). The van der Waals surface area contributed by atoms with Crippen molar-refractivity contribution in [1.82, 2.24) is 0 Å². The van der Waals surface area contributed by atoms with Crippen LogP contribution in [0.1, 0.15) is 35.3 Å². The molecule has 0 unspecified atom stereocenters. The van der Waals surface area contributed by atoms with Gasteiger partial charge < -0.3 is 15.2 Å². The third-order valence-corrected chi connectivity index (χ3v) is 3.69. The highest BCUT2D eigenvalue weighted by Crippen LogP contribution is 2.41. The molecule has 114 valence electrons. The van der Waals surface area contributed by atoms with Crippen LogP contribution >= 0.6 is 0 Å². The first kappa shape index (κ1) is 14.4.